The van der Waals surface area contributed by atoms with Crippen molar-refractivity contribution in [2.75, 3.05) is 20.8 Å². The summed E-state index contributed by atoms with van der Waals surface area (Å²) in [6, 6.07) is 8.34. The van der Waals surface area contributed by atoms with E-state index in [-0.39, 0.29) is 17.2 Å². The average Bonchev–Trinajstić information content (AvgIpc) is 3.18. The fraction of sp³-hybridized carbons (Fsp3) is 0.321. The number of hydrogen-bond acceptors (Lipinski definition) is 8. The predicted octanol–water partition coefficient (Wildman–Crippen LogP) is 5.13. The standard InChI is InChI=1S/C28H28Br2N2O6S/c1-7-37-25-19(30)10-16(11-21(25)36-6)12-22-26(33)32-24(18-13-17(29)8-9-20(18)35-5)23(27(34)38-14(2)3)15(4)31-28(32)39-22/h8-14,24H,7H2,1-6H3/b22-12-/t24-/m1/s1. The van der Waals surface area contributed by atoms with Gasteiger partial charge in [-0.3, -0.25) is 9.36 Å². The lowest BCUT2D eigenvalue weighted by Crippen LogP contribution is -2.40. The average molecular weight is 680 g/mol. The largest absolute Gasteiger partial charge is 0.496 e. The molecule has 39 heavy (non-hydrogen) atoms. The lowest BCUT2D eigenvalue weighted by atomic mass is 9.95. The molecule has 3 aromatic rings. The summed E-state index contributed by atoms with van der Waals surface area (Å²) in [5.74, 6) is 1.12. The van der Waals surface area contributed by atoms with Crippen molar-refractivity contribution in [3.8, 4) is 17.2 Å². The fourth-order valence-corrected chi connectivity index (χ4v) is 6.33. The first-order valence-electron chi connectivity index (χ1n) is 12.2. The van der Waals surface area contributed by atoms with E-state index in [1.165, 1.54) is 15.9 Å². The number of aromatic nitrogens is 1. The summed E-state index contributed by atoms with van der Waals surface area (Å²) in [5.41, 5.74) is 1.83. The molecule has 1 aromatic heterocycles. The molecule has 0 fully saturated rings. The van der Waals surface area contributed by atoms with E-state index in [9.17, 15) is 9.59 Å². The first-order chi connectivity index (χ1) is 18.6. The SMILES string of the molecule is CCOc1c(Br)cc(/C=c2\sc3n(c2=O)[C@H](c2cc(Br)ccc2OC)C(C(=O)OC(C)C)=C(C)N=3)cc1OC. The van der Waals surface area contributed by atoms with Crippen molar-refractivity contribution in [2.45, 2.75) is 39.8 Å². The quantitative estimate of drug-likeness (QED) is 0.307. The Morgan fingerprint density at radius 2 is 1.87 bits per heavy atom. The van der Waals surface area contributed by atoms with Gasteiger partial charge in [-0.05, 0) is 85.6 Å². The van der Waals surface area contributed by atoms with E-state index >= 15 is 0 Å². The molecule has 1 aliphatic rings. The highest BCUT2D eigenvalue weighted by Gasteiger charge is 2.35. The molecule has 0 amide bonds. The van der Waals surface area contributed by atoms with E-state index in [0.29, 0.717) is 48.9 Å². The van der Waals surface area contributed by atoms with Crippen LogP contribution in [0.15, 0.2) is 60.3 Å². The Hall–Kier alpha value is -2.89. The summed E-state index contributed by atoms with van der Waals surface area (Å²) < 4.78 is 25.9. The Morgan fingerprint density at radius 1 is 1.15 bits per heavy atom. The second-order valence-electron chi connectivity index (χ2n) is 8.89. The summed E-state index contributed by atoms with van der Waals surface area (Å²) >= 11 is 8.30. The van der Waals surface area contributed by atoms with Crippen LogP contribution in [0.4, 0.5) is 0 Å². The Balaban J connectivity index is 1.97. The Kier molecular flexibility index (Phi) is 9.03. The van der Waals surface area contributed by atoms with Crippen LogP contribution in [0.2, 0.25) is 0 Å². The molecule has 0 unspecified atom stereocenters. The molecule has 8 nitrogen and oxygen atoms in total. The van der Waals surface area contributed by atoms with Gasteiger partial charge in [0, 0.05) is 10.0 Å². The zero-order valence-electron chi connectivity index (χ0n) is 22.3. The van der Waals surface area contributed by atoms with E-state index in [1.54, 1.807) is 53.2 Å². The van der Waals surface area contributed by atoms with E-state index in [0.717, 1.165) is 10.0 Å². The van der Waals surface area contributed by atoms with Crippen LogP contribution in [0.25, 0.3) is 6.08 Å². The molecule has 2 heterocycles. The Morgan fingerprint density at radius 3 is 2.51 bits per heavy atom. The van der Waals surface area contributed by atoms with Crippen LogP contribution >= 0.6 is 43.2 Å². The minimum atomic E-state index is -0.802. The smallest absolute Gasteiger partial charge is 0.338 e. The molecule has 0 radical (unpaired) electrons. The van der Waals surface area contributed by atoms with Crippen molar-refractivity contribution in [1.29, 1.82) is 0 Å². The molecule has 0 spiro atoms. The van der Waals surface area contributed by atoms with Crippen molar-refractivity contribution in [1.82, 2.24) is 4.57 Å². The number of halogens is 2. The zero-order valence-corrected chi connectivity index (χ0v) is 26.3. The van der Waals surface area contributed by atoms with Gasteiger partial charge < -0.3 is 18.9 Å². The monoisotopic (exact) mass is 678 g/mol. The number of methoxy groups -OCH3 is 2. The highest BCUT2D eigenvalue weighted by molar-refractivity contribution is 9.10. The molecule has 11 heteroatoms. The fourth-order valence-electron chi connectivity index (χ4n) is 4.33. The van der Waals surface area contributed by atoms with Gasteiger partial charge in [-0.15, -0.1) is 0 Å². The summed E-state index contributed by atoms with van der Waals surface area (Å²) in [5, 5.41) is 0. The summed E-state index contributed by atoms with van der Waals surface area (Å²) in [6.45, 7) is 7.68. The highest BCUT2D eigenvalue weighted by Crippen LogP contribution is 2.38. The van der Waals surface area contributed by atoms with Gasteiger partial charge in [0.05, 0.1) is 47.2 Å². The molecule has 1 atom stereocenters. The van der Waals surface area contributed by atoms with Crippen molar-refractivity contribution >= 4 is 55.2 Å². The summed E-state index contributed by atoms with van der Waals surface area (Å²) in [7, 11) is 3.12. The van der Waals surface area contributed by atoms with E-state index < -0.39 is 12.0 Å². The minimum absolute atomic E-state index is 0.282. The molecular weight excluding hydrogens is 652 g/mol. The van der Waals surface area contributed by atoms with Crippen molar-refractivity contribution in [3.05, 3.63) is 81.4 Å². The molecular formula is C28H28Br2N2O6S. The molecule has 4 rings (SSSR count). The van der Waals surface area contributed by atoms with Crippen molar-refractivity contribution < 1.29 is 23.7 Å². The number of esters is 1. The maximum absolute atomic E-state index is 14.0. The second-order valence-corrected chi connectivity index (χ2v) is 11.7. The number of hydrogen-bond donors (Lipinski definition) is 0. The first-order valence-corrected chi connectivity index (χ1v) is 14.6. The number of ether oxygens (including phenoxy) is 4. The molecule has 0 N–H and O–H groups in total. The lowest BCUT2D eigenvalue weighted by Gasteiger charge is -2.26. The number of benzene rings is 2. The molecule has 206 valence electrons. The third kappa shape index (κ3) is 5.85. The van der Waals surface area contributed by atoms with E-state index in [4.69, 9.17) is 18.9 Å². The highest BCUT2D eigenvalue weighted by atomic mass is 79.9. The molecule has 0 saturated carbocycles. The van der Waals surface area contributed by atoms with Crippen LogP contribution < -0.4 is 29.1 Å². The number of allylic oxidation sites excluding steroid dienone is 1. The van der Waals surface area contributed by atoms with Crippen molar-refractivity contribution in [3.63, 3.8) is 0 Å². The zero-order chi connectivity index (χ0) is 28.4. The molecule has 0 bridgehead atoms. The summed E-state index contributed by atoms with van der Waals surface area (Å²) in [4.78, 5) is 32.5. The third-order valence-electron chi connectivity index (χ3n) is 5.91. The van der Waals surface area contributed by atoms with Gasteiger partial charge in [0.25, 0.3) is 5.56 Å². The van der Waals surface area contributed by atoms with Gasteiger partial charge >= 0.3 is 5.97 Å². The second kappa shape index (κ2) is 12.1. The number of rotatable bonds is 8. The number of nitrogens with zero attached hydrogens (tertiary/aromatic N) is 2. The predicted molar refractivity (Wildman–Crippen MR) is 158 cm³/mol. The number of carbonyl (C=O) groups excluding carboxylic acids is 1. The maximum Gasteiger partial charge on any atom is 0.338 e. The molecule has 2 aromatic carbocycles. The molecule has 1 aliphatic heterocycles. The first kappa shape index (κ1) is 29.1. The van der Waals surface area contributed by atoms with Crippen LogP contribution in [-0.4, -0.2) is 37.5 Å². The Labute approximate surface area is 246 Å². The van der Waals surface area contributed by atoms with Crippen molar-refractivity contribution in [2.24, 2.45) is 4.99 Å². The molecule has 0 saturated heterocycles. The normalized spacial score (nSPS) is 15.2. The van der Waals surface area contributed by atoms with Gasteiger partial charge in [-0.2, -0.15) is 0 Å². The lowest BCUT2D eigenvalue weighted by molar-refractivity contribution is -0.143. The van der Waals surface area contributed by atoms with Gasteiger partial charge in [-0.25, -0.2) is 9.79 Å². The van der Waals surface area contributed by atoms with Gasteiger partial charge in [0.1, 0.15) is 11.8 Å². The third-order valence-corrected chi connectivity index (χ3v) is 7.97. The van der Waals surface area contributed by atoms with Crippen LogP contribution in [0.3, 0.4) is 0 Å². The summed E-state index contributed by atoms with van der Waals surface area (Å²) in [6.07, 6.45) is 1.42. The van der Waals surface area contributed by atoms with E-state index in [1.807, 2.05) is 25.1 Å². The minimum Gasteiger partial charge on any atom is -0.496 e. The van der Waals surface area contributed by atoms with Crippen LogP contribution in [0.5, 0.6) is 17.2 Å². The Bertz CT molecular complexity index is 1640. The van der Waals surface area contributed by atoms with Crippen LogP contribution in [0.1, 0.15) is 44.9 Å². The number of thiazole rings is 1. The van der Waals surface area contributed by atoms with Crippen LogP contribution in [-0.2, 0) is 9.53 Å². The van der Waals surface area contributed by atoms with Gasteiger partial charge in [0.15, 0.2) is 16.3 Å². The van der Waals surface area contributed by atoms with Gasteiger partial charge in [0.2, 0.25) is 0 Å². The molecule has 0 aliphatic carbocycles. The van der Waals surface area contributed by atoms with Gasteiger partial charge in [-0.1, -0.05) is 27.3 Å². The number of carbonyl (C=O) groups is 1. The van der Waals surface area contributed by atoms with E-state index in [2.05, 4.69) is 36.9 Å². The van der Waals surface area contributed by atoms with Crippen LogP contribution in [0, 0.1) is 0 Å². The number of fused-ring (bicyclic) bond motifs is 1. The topological polar surface area (TPSA) is 88.4 Å². The maximum atomic E-state index is 14.0.